The number of rotatable bonds is 1. The van der Waals surface area contributed by atoms with Crippen molar-refractivity contribution >= 4 is 33.6 Å². The molecule has 1 N–H and O–H groups in total. The first-order valence-electron chi connectivity index (χ1n) is 2.49. The Morgan fingerprint density at radius 1 is 1.33 bits per heavy atom. The average molecular weight is 252 g/mol. The fourth-order valence-corrected chi connectivity index (χ4v) is 2.26. The molecule has 0 spiro atoms. The van der Waals surface area contributed by atoms with Crippen molar-refractivity contribution in [1.82, 2.24) is 0 Å². The average Bonchev–Trinajstić information content (AvgIpc) is 1.89. The summed E-state index contributed by atoms with van der Waals surface area (Å²) in [6.45, 7) is 0. The van der Waals surface area contributed by atoms with Crippen LogP contribution in [0.1, 0.15) is 0 Å². The summed E-state index contributed by atoms with van der Waals surface area (Å²) in [7, 11) is 0. The fourth-order valence-electron chi connectivity index (χ4n) is 0.554. The SMILES string of the molecule is Oc1ccccc1PI. The van der Waals surface area contributed by atoms with E-state index in [1.807, 2.05) is 18.2 Å². The number of phenols is 1. The Bertz CT molecular complexity index is 202. The number of benzene rings is 1. The molecule has 0 bridgehead atoms. The first-order chi connectivity index (χ1) is 4.34. The molecular formula is C6H6IOP. The molecule has 3 heteroatoms. The third-order valence-electron chi connectivity index (χ3n) is 1.01. The van der Waals surface area contributed by atoms with E-state index in [-0.39, 0.29) is 0 Å². The quantitative estimate of drug-likeness (QED) is 0.599. The lowest BCUT2D eigenvalue weighted by molar-refractivity contribution is 0.480. The van der Waals surface area contributed by atoms with Crippen LogP contribution in [0.2, 0.25) is 0 Å². The van der Waals surface area contributed by atoms with Crippen LogP contribution in [0.15, 0.2) is 24.3 Å². The summed E-state index contributed by atoms with van der Waals surface area (Å²) in [6, 6.07) is 7.40. The van der Waals surface area contributed by atoms with Crippen LogP contribution >= 0.6 is 28.3 Å². The van der Waals surface area contributed by atoms with Crippen molar-refractivity contribution < 1.29 is 5.11 Å². The second-order valence-electron chi connectivity index (χ2n) is 1.61. The van der Waals surface area contributed by atoms with E-state index in [1.54, 1.807) is 6.07 Å². The summed E-state index contributed by atoms with van der Waals surface area (Å²) in [5.41, 5.74) is 0. The lowest BCUT2D eigenvalue weighted by Gasteiger charge is -1.95. The van der Waals surface area contributed by atoms with Crippen molar-refractivity contribution in [2.24, 2.45) is 0 Å². The first kappa shape index (κ1) is 7.29. The molecule has 0 saturated heterocycles. The smallest absolute Gasteiger partial charge is 0.123 e. The van der Waals surface area contributed by atoms with Gasteiger partial charge >= 0.3 is 0 Å². The van der Waals surface area contributed by atoms with Crippen LogP contribution in [0.3, 0.4) is 0 Å². The van der Waals surface area contributed by atoms with Crippen LogP contribution in [-0.2, 0) is 0 Å². The molecule has 0 aliphatic carbocycles. The van der Waals surface area contributed by atoms with E-state index in [4.69, 9.17) is 5.11 Å². The monoisotopic (exact) mass is 252 g/mol. The lowest BCUT2D eigenvalue weighted by Crippen LogP contribution is -1.89. The van der Waals surface area contributed by atoms with Crippen molar-refractivity contribution in [3.05, 3.63) is 24.3 Å². The molecule has 0 aromatic heterocycles. The number of hydrogen-bond acceptors (Lipinski definition) is 1. The zero-order valence-electron chi connectivity index (χ0n) is 4.63. The minimum atomic E-state index is 0.408. The minimum absolute atomic E-state index is 0.408. The molecule has 0 saturated carbocycles. The number of phenolic OH excluding ortho intramolecular Hbond substituents is 1. The van der Waals surface area contributed by atoms with E-state index in [9.17, 15) is 0 Å². The number of aromatic hydroxyl groups is 1. The van der Waals surface area contributed by atoms with E-state index in [2.05, 4.69) is 22.0 Å². The fraction of sp³-hybridized carbons (Fsp3) is 0. The van der Waals surface area contributed by atoms with Crippen LogP contribution in [0.5, 0.6) is 5.75 Å². The maximum Gasteiger partial charge on any atom is 0.123 e. The van der Waals surface area contributed by atoms with Gasteiger partial charge in [0.1, 0.15) is 5.75 Å². The highest BCUT2D eigenvalue weighted by molar-refractivity contribution is 14.2. The molecule has 0 fully saturated rings. The Kier molecular flexibility index (Phi) is 2.73. The summed E-state index contributed by atoms with van der Waals surface area (Å²) < 4.78 is 0. The van der Waals surface area contributed by atoms with Gasteiger partial charge in [0.25, 0.3) is 0 Å². The molecule has 0 aliphatic rings. The standard InChI is InChI=1S/C6H6IOP/c7-9-6-4-2-1-3-5(6)8/h1-4,8-9H. The van der Waals surface area contributed by atoms with Crippen LogP contribution in [0.4, 0.5) is 0 Å². The lowest BCUT2D eigenvalue weighted by atomic mass is 10.3. The summed E-state index contributed by atoms with van der Waals surface area (Å²) in [5, 5.41) is 10.1. The van der Waals surface area contributed by atoms with Gasteiger partial charge in [0, 0.05) is 5.30 Å². The summed E-state index contributed by atoms with van der Waals surface area (Å²) in [6.07, 6.45) is 0.649. The maximum atomic E-state index is 9.11. The van der Waals surface area contributed by atoms with E-state index in [0.29, 0.717) is 12.0 Å². The third kappa shape index (κ3) is 1.80. The van der Waals surface area contributed by atoms with Crippen LogP contribution in [0.25, 0.3) is 0 Å². The van der Waals surface area contributed by atoms with Crippen LogP contribution < -0.4 is 5.30 Å². The molecule has 1 nitrogen and oxygen atoms in total. The molecule has 1 rings (SSSR count). The second kappa shape index (κ2) is 3.37. The highest BCUT2D eigenvalue weighted by Gasteiger charge is 1.93. The van der Waals surface area contributed by atoms with Crippen LogP contribution in [-0.4, -0.2) is 5.11 Å². The van der Waals surface area contributed by atoms with E-state index >= 15 is 0 Å². The van der Waals surface area contributed by atoms with Gasteiger partial charge in [-0.2, -0.15) is 0 Å². The largest absolute Gasteiger partial charge is 0.507 e. The Labute approximate surface area is 68.7 Å². The molecular weight excluding hydrogens is 246 g/mol. The van der Waals surface area contributed by atoms with Crippen molar-refractivity contribution in [1.29, 1.82) is 0 Å². The molecule has 1 aromatic carbocycles. The predicted octanol–water partition coefficient (Wildman–Crippen LogP) is 2.05. The molecule has 9 heavy (non-hydrogen) atoms. The molecule has 0 aliphatic heterocycles. The first-order valence-corrected chi connectivity index (χ1v) is 6.60. The maximum absolute atomic E-state index is 9.11. The predicted molar refractivity (Wildman–Crippen MR) is 50.1 cm³/mol. The van der Waals surface area contributed by atoms with Gasteiger partial charge in [-0.05, 0) is 12.3 Å². The van der Waals surface area contributed by atoms with Crippen molar-refractivity contribution in [3.63, 3.8) is 0 Å². The zero-order valence-corrected chi connectivity index (χ0v) is 7.79. The number of para-hydroxylation sites is 1. The molecule has 1 atom stereocenters. The van der Waals surface area contributed by atoms with Crippen LogP contribution in [0, 0.1) is 0 Å². The van der Waals surface area contributed by atoms with Gasteiger partial charge in [0.2, 0.25) is 0 Å². The zero-order chi connectivity index (χ0) is 6.69. The van der Waals surface area contributed by atoms with Gasteiger partial charge in [0.15, 0.2) is 0 Å². The topological polar surface area (TPSA) is 20.2 Å². The Morgan fingerprint density at radius 2 is 2.00 bits per heavy atom. The van der Waals surface area contributed by atoms with Crippen molar-refractivity contribution in [3.8, 4) is 5.75 Å². The van der Waals surface area contributed by atoms with Crippen molar-refractivity contribution in [2.45, 2.75) is 0 Å². The van der Waals surface area contributed by atoms with Gasteiger partial charge in [-0.25, -0.2) is 0 Å². The normalized spacial score (nSPS) is 10.8. The molecule has 48 valence electrons. The molecule has 0 radical (unpaired) electrons. The molecule has 1 aromatic rings. The highest BCUT2D eigenvalue weighted by atomic mass is 127. The number of hydrogen-bond donors (Lipinski definition) is 1. The minimum Gasteiger partial charge on any atom is -0.507 e. The summed E-state index contributed by atoms with van der Waals surface area (Å²) in [4.78, 5) is 0. The molecule has 0 amide bonds. The number of halogens is 1. The third-order valence-corrected chi connectivity index (χ3v) is 3.38. The second-order valence-corrected chi connectivity index (χ2v) is 3.96. The van der Waals surface area contributed by atoms with E-state index in [0.717, 1.165) is 5.30 Å². The molecule has 0 heterocycles. The Morgan fingerprint density at radius 3 is 2.44 bits per heavy atom. The Balaban J connectivity index is 3.01. The summed E-state index contributed by atoms with van der Waals surface area (Å²) >= 11 is 2.25. The van der Waals surface area contributed by atoms with E-state index in [1.165, 1.54) is 0 Å². The van der Waals surface area contributed by atoms with Crippen molar-refractivity contribution in [2.75, 3.05) is 0 Å². The molecule has 1 unspecified atom stereocenters. The van der Waals surface area contributed by atoms with Gasteiger partial charge in [0.05, 0.1) is 0 Å². The van der Waals surface area contributed by atoms with Gasteiger partial charge in [-0.1, -0.05) is 40.2 Å². The van der Waals surface area contributed by atoms with Gasteiger partial charge in [-0.3, -0.25) is 0 Å². The highest BCUT2D eigenvalue weighted by Crippen LogP contribution is 2.24. The van der Waals surface area contributed by atoms with E-state index < -0.39 is 0 Å². The van der Waals surface area contributed by atoms with Gasteiger partial charge < -0.3 is 5.11 Å². The summed E-state index contributed by atoms with van der Waals surface area (Å²) in [5.74, 6) is 0.408. The Hall–Kier alpha value is 0.180. The van der Waals surface area contributed by atoms with Gasteiger partial charge in [-0.15, -0.1) is 0 Å².